The molecule has 0 amide bonds. The Hall–Kier alpha value is -3.83. The Balaban J connectivity index is 1.17. The van der Waals surface area contributed by atoms with Crippen LogP contribution in [0, 0.1) is 6.92 Å². The fraction of sp³-hybridized carbons (Fsp3) is 0.281. The van der Waals surface area contributed by atoms with Crippen molar-refractivity contribution in [2.24, 2.45) is 0 Å². The molecule has 3 heterocycles. The van der Waals surface area contributed by atoms with E-state index in [1.54, 1.807) is 14.2 Å². The van der Waals surface area contributed by atoms with Gasteiger partial charge >= 0.3 is 0 Å². The van der Waals surface area contributed by atoms with Crippen molar-refractivity contribution in [2.75, 3.05) is 27.3 Å². The number of H-pyrrole nitrogens is 1. The number of aromatic amines is 1. The highest BCUT2D eigenvalue weighted by atomic mass is 16.5. The van der Waals surface area contributed by atoms with Crippen molar-refractivity contribution in [3.8, 4) is 22.8 Å². The van der Waals surface area contributed by atoms with Crippen molar-refractivity contribution in [2.45, 2.75) is 32.2 Å². The molecule has 0 aliphatic carbocycles. The maximum absolute atomic E-state index is 5.53. The van der Waals surface area contributed by atoms with E-state index in [9.17, 15) is 0 Å². The monoisotopic (exact) mass is 491 g/mol. The second-order valence-electron chi connectivity index (χ2n) is 10.0. The second kappa shape index (κ2) is 9.91. The number of likely N-dealkylation sites (tertiary alicyclic amines) is 1. The Morgan fingerprint density at radius 1 is 0.892 bits per heavy atom. The number of pyridine rings is 1. The number of rotatable bonds is 6. The number of aryl methyl sites for hydroxylation is 1. The zero-order valence-corrected chi connectivity index (χ0v) is 21.8. The maximum Gasteiger partial charge on any atom is 0.161 e. The van der Waals surface area contributed by atoms with E-state index < -0.39 is 0 Å². The summed E-state index contributed by atoms with van der Waals surface area (Å²) in [7, 11) is 3.34. The normalized spacial score (nSPS) is 14.9. The molecule has 5 nitrogen and oxygen atoms in total. The fourth-order valence-corrected chi connectivity index (χ4v) is 5.73. The fourth-order valence-electron chi connectivity index (χ4n) is 5.73. The van der Waals surface area contributed by atoms with Crippen molar-refractivity contribution in [3.05, 3.63) is 89.6 Å². The molecule has 6 rings (SSSR count). The SMILES string of the molecule is COc1ccc(-c2[nH]c3ccc(C4CCN(Cc5ccc6ccccc6n5)CC4)cc3c2C)cc1OC. The first-order valence-electron chi connectivity index (χ1n) is 13.0. The van der Waals surface area contributed by atoms with Gasteiger partial charge in [0.1, 0.15) is 0 Å². The lowest BCUT2D eigenvalue weighted by molar-refractivity contribution is 0.203. The van der Waals surface area contributed by atoms with Crippen LogP contribution in [0.2, 0.25) is 0 Å². The van der Waals surface area contributed by atoms with Crippen LogP contribution in [-0.2, 0) is 6.54 Å². The predicted octanol–water partition coefficient (Wildman–Crippen LogP) is 7.09. The third-order valence-electron chi connectivity index (χ3n) is 7.86. The summed E-state index contributed by atoms with van der Waals surface area (Å²) in [5.74, 6) is 2.07. The minimum atomic E-state index is 0.587. The lowest BCUT2D eigenvalue weighted by atomic mass is 9.88. The van der Waals surface area contributed by atoms with Gasteiger partial charge in [0.2, 0.25) is 0 Å². The summed E-state index contributed by atoms with van der Waals surface area (Å²) in [6.45, 7) is 5.32. The van der Waals surface area contributed by atoms with Gasteiger partial charge in [-0.2, -0.15) is 0 Å². The summed E-state index contributed by atoms with van der Waals surface area (Å²) in [4.78, 5) is 11.1. The van der Waals surface area contributed by atoms with Gasteiger partial charge in [0.15, 0.2) is 11.5 Å². The minimum Gasteiger partial charge on any atom is -0.493 e. The molecule has 3 aromatic carbocycles. The summed E-state index contributed by atoms with van der Waals surface area (Å²) in [5.41, 5.74) is 8.35. The summed E-state index contributed by atoms with van der Waals surface area (Å²) in [6, 6.07) is 25.7. The molecule has 0 bridgehead atoms. The average Bonchev–Trinajstić information content (AvgIpc) is 3.28. The van der Waals surface area contributed by atoms with Crippen molar-refractivity contribution in [3.63, 3.8) is 0 Å². The number of piperidine rings is 1. The number of aromatic nitrogens is 2. The first-order chi connectivity index (χ1) is 18.1. The molecule has 37 heavy (non-hydrogen) atoms. The minimum absolute atomic E-state index is 0.587. The molecule has 188 valence electrons. The van der Waals surface area contributed by atoms with E-state index in [0.29, 0.717) is 5.92 Å². The van der Waals surface area contributed by atoms with E-state index >= 15 is 0 Å². The van der Waals surface area contributed by atoms with E-state index in [1.165, 1.54) is 40.3 Å². The van der Waals surface area contributed by atoms with Gasteiger partial charge < -0.3 is 14.5 Å². The molecule has 2 aromatic heterocycles. The first kappa shape index (κ1) is 23.6. The molecule has 1 aliphatic rings. The quantitative estimate of drug-likeness (QED) is 0.276. The van der Waals surface area contributed by atoms with Crippen molar-refractivity contribution in [1.29, 1.82) is 0 Å². The molecule has 0 radical (unpaired) electrons. The van der Waals surface area contributed by atoms with Crippen LogP contribution in [0.3, 0.4) is 0 Å². The maximum atomic E-state index is 5.53. The zero-order chi connectivity index (χ0) is 25.4. The van der Waals surface area contributed by atoms with E-state index in [1.807, 2.05) is 12.1 Å². The number of hydrogen-bond acceptors (Lipinski definition) is 4. The van der Waals surface area contributed by atoms with Crippen LogP contribution < -0.4 is 9.47 Å². The standard InChI is InChI=1S/C32H33N3O2/c1-21-27-18-24(9-12-29(27)34-32(21)25-10-13-30(36-2)31(19-25)37-3)22-14-16-35(17-15-22)20-26-11-8-23-6-4-5-7-28(23)33-26/h4-13,18-19,22,34H,14-17,20H2,1-3H3. The Kier molecular flexibility index (Phi) is 6.31. The van der Waals surface area contributed by atoms with Gasteiger partial charge in [-0.3, -0.25) is 9.88 Å². The van der Waals surface area contributed by atoms with E-state index in [0.717, 1.165) is 53.6 Å². The number of nitrogens with zero attached hydrogens (tertiary/aromatic N) is 2. The van der Waals surface area contributed by atoms with Crippen molar-refractivity contribution < 1.29 is 9.47 Å². The highest BCUT2D eigenvalue weighted by molar-refractivity contribution is 5.91. The largest absolute Gasteiger partial charge is 0.493 e. The van der Waals surface area contributed by atoms with Gasteiger partial charge in [0, 0.05) is 34.1 Å². The molecule has 5 heteroatoms. The van der Waals surface area contributed by atoms with Crippen LogP contribution >= 0.6 is 0 Å². The van der Waals surface area contributed by atoms with Gasteiger partial charge in [-0.25, -0.2) is 0 Å². The average molecular weight is 492 g/mol. The van der Waals surface area contributed by atoms with Gasteiger partial charge in [0.25, 0.3) is 0 Å². The third kappa shape index (κ3) is 4.56. The number of nitrogens with one attached hydrogen (secondary N) is 1. The van der Waals surface area contributed by atoms with Crippen molar-refractivity contribution in [1.82, 2.24) is 14.9 Å². The number of fused-ring (bicyclic) bond motifs is 2. The Labute approximate surface area is 218 Å². The zero-order valence-electron chi connectivity index (χ0n) is 21.8. The third-order valence-corrected chi connectivity index (χ3v) is 7.86. The summed E-state index contributed by atoms with van der Waals surface area (Å²) in [5, 5.41) is 2.50. The highest BCUT2D eigenvalue weighted by Gasteiger charge is 2.22. The van der Waals surface area contributed by atoms with Crippen LogP contribution in [0.1, 0.15) is 35.6 Å². The molecule has 1 saturated heterocycles. The molecule has 0 unspecified atom stereocenters. The molecular formula is C32H33N3O2. The smallest absolute Gasteiger partial charge is 0.161 e. The molecule has 0 atom stereocenters. The van der Waals surface area contributed by atoms with Crippen molar-refractivity contribution >= 4 is 21.8 Å². The molecule has 1 N–H and O–H groups in total. The number of hydrogen-bond donors (Lipinski definition) is 1. The molecular weight excluding hydrogens is 458 g/mol. The Bertz CT molecular complexity index is 1560. The van der Waals surface area contributed by atoms with E-state index in [2.05, 4.69) is 77.5 Å². The topological polar surface area (TPSA) is 50.4 Å². The number of benzene rings is 3. The summed E-state index contributed by atoms with van der Waals surface area (Å²) < 4.78 is 10.9. The number of methoxy groups -OCH3 is 2. The van der Waals surface area contributed by atoms with Crippen LogP contribution in [0.15, 0.2) is 72.8 Å². The molecule has 1 fully saturated rings. The molecule has 0 spiro atoms. The van der Waals surface area contributed by atoms with Crippen LogP contribution in [0.4, 0.5) is 0 Å². The second-order valence-corrected chi connectivity index (χ2v) is 10.0. The van der Waals surface area contributed by atoms with Gasteiger partial charge in [-0.1, -0.05) is 30.3 Å². The van der Waals surface area contributed by atoms with Gasteiger partial charge in [-0.05, 0) is 92.4 Å². The Morgan fingerprint density at radius 3 is 2.51 bits per heavy atom. The summed E-state index contributed by atoms with van der Waals surface area (Å²) in [6.07, 6.45) is 2.34. The van der Waals surface area contributed by atoms with Gasteiger partial charge in [0.05, 0.1) is 25.4 Å². The molecule has 5 aromatic rings. The number of para-hydroxylation sites is 1. The Morgan fingerprint density at radius 2 is 1.70 bits per heavy atom. The van der Waals surface area contributed by atoms with E-state index in [4.69, 9.17) is 14.5 Å². The molecule has 1 aliphatic heterocycles. The van der Waals surface area contributed by atoms with Crippen LogP contribution in [0.25, 0.3) is 33.1 Å². The lowest BCUT2D eigenvalue weighted by Crippen LogP contribution is -2.32. The van der Waals surface area contributed by atoms with Crippen LogP contribution in [-0.4, -0.2) is 42.2 Å². The lowest BCUT2D eigenvalue weighted by Gasteiger charge is -2.32. The van der Waals surface area contributed by atoms with Gasteiger partial charge in [-0.15, -0.1) is 0 Å². The predicted molar refractivity (Wildman–Crippen MR) is 151 cm³/mol. The van der Waals surface area contributed by atoms with Crippen LogP contribution in [0.5, 0.6) is 11.5 Å². The first-order valence-corrected chi connectivity index (χ1v) is 13.0. The highest BCUT2D eigenvalue weighted by Crippen LogP contribution is 2.37. The summed E-state index contributed by atoms with van der Waals surface area (Å²) >= 11 is 0. The number of ether oxygens (including phenoxy) is 2. The molecule has 0 saturated carbocycles. The van der Waals surface area contributed by atoms with E-state index in [-0.39, 0.29) is 0 Å².